The summed E-state index contributed by atoms with van der Waals surface area (Å²) in [4.78, 5) is 19.9. The Kier molecular flexibility index (Phi) is 5.66. The number of carbonyl (C=O) groups excluding carboxylic acids is 1. The molecule has 1 aromatic carbocycles. The Morgan fingerprint density at radius 3 is 2.68 bits per heavy atom. The van der Waals surface area contributed by atoms with Gasteiger partial charge >= 0.3 is 0 Å². The summed E-state index contributed by atoms with van der Waals surface area (Å²) in [6.45, 7) is 4.88. The minimum Gasteiger partial charge on any atom is -0.495 e. The Morgan fingerprint density at radius 1 is 1.00 bits per heavy atom. The summed E-state index contributed by atoms with van der Waals surface area (Å²) in [5.74, 6) is 2.17. The van der Waals surface area contributed by atoms with Crippen molar-refractivity contribution in [2.75, 3.05) is 56.2 Å². The zero-order chi connectivity index (χ0) is 21.2. The molecule has 7 heteroatoms. The molecule has 5 rings (SSSR count). The van der Waals surface area contributed by atoms with Crippen LogP contribution in [0.4, 0.5) is 11.5 Å². The molecule has 0 radical (unpaired) electrons. The number of ether oxygens (including phenoxy) is 1. The van der Waals surface area contributed by atoms with Gasteiger partial charge in [-0.15, -0.1) is 5.10 Å². The van der Waals surface area contributed by atoms with Crippen molar-refractivity contribution < 1.29 is 9.53 Å². The highest BCUT2D eigenvalue weighted by Crippen LogP contribution is 2.30. The molecule has 1 atom stereocenters. The van der Waals surface area contributed by atoms with Gasteiger partial charge in [0.25, 0.3) is 0 Å². The monoisotopic (exact) mass is 421 g/mol. The van der Waals surface area contributed by atoms with Crippen molar-refractivity contribution >= 4 is 17.4 Å². The number of amides is 1. The van der Waals surface area contributed by atoms with Gasteiger partial charge in [-0.2, -0.15) is 5.10 Å². The number of fused-ring (bicyclic) bond motifs is 1. The molecule has 0 N–H and O–H groups in total. The Morgan fingerprint density at radius 2 is 1.84 bits per heavy atom. The number of benzene rings is 1. The summed E-state index contributed by atoms with van der Waals surface area (Å²) in [7, 11) is 1.71. The van der Waals surface area contributed by atoms with Gasteiger partial charge in [-0.3, -0.25) is 4.79 Å². The lowest BCUT2D eigenvalue weighted by Gasteiger charge is -2.40. The van der Waals surface area contributed by atoms with Crippen LogP contribution < -0.4 is 14.5 Å². The fraction of sp³-hybridized carbons (Fsp3) is 0.542. The number of piperazine rings is 1. The van der Waals surface area contributed by atoms with E-state index in [1.165, 1.54) is 12.0 Å². The molecule has 0 bridgehead atoms. The van der Waals surface area contributed by atoms with Crippen LogP contribution in [0.3, 0.4) is 0 Å². The van der Waals surface area contributed by atoms with Crippen LogP contribution in [-0.2, 0) is 17.6 Å². The summed E-state index contributed by atoms with van der Waals surface area (Å²) in [5.41, 5.74) is 3.60. The number of methoxy groups -OCH3 is 1. The normalized spacial score (nSPS) is 21.2. The quantitative estimate of drug-likeness (QED) is 0.756. The number of carbonyl (C=O) groups is 1. The molecule has 2 fully saturated rings. The predicted molar refractivity (Wildman–Crippen MR) is 121 cm³/mol. The van der Waals surface area contributed by atoms with E-state index >= 15 is 0 Å². The highest BCUT2D eigenvalue weighted by molar-refractivity contribution is 5.80. The van der Waals surface area contributed by atoms with Crippen molar-refractivity contribution in [3.05, 3.63) is 41.6 Å². The molecule has 2 aliphatic heterocycles. The van der Waals surface area contributed by atoms with E-state index in [2.05, 4.69) is 37.0 Å². The van der Waals surface area contributed by atoms with Crippen molar-refractivity contribution in [2.24, 2.45) is 5.92 Å². The average molecular weight is 422 g/mol. The molecule has 3 aliphatic rings. The lowest BCUT2D eigenvalue weighted by Crippen LogP contribution is -2.52. The first-order chi connectivity index (χ1) is 15.2. The van der Waals surface area contributed by atoms with Gasteiger partial charge in [0.05, 0.1) is 24.4 Å². The summed E-state index contributed by atoms with van der Waals surface area (Å²) >= 11 is 0. The molecule has 1 aliphatic carbocycles. The smallest absolute Gasteiger partial charge is 0.227 e. The van der Waals surface area contributed by atoms with E-state index < -0.39 is 0 Å². The number of anilines is 2. The number of hydrogen-bond acceptors (Lipinski definition) is 6. The molecule has 0 spiro atoms. The van der Waals surface area contributed by atoms with Crippen LogP contribution in [0.25, 0.3) is 0 Å². The van der Waals surface area contributed by atoms with Gasteiger partial charge in [0, 0.05) is 39.3 Å². The summed E-state index contributed by atoms with van der Waals surface area (Å²) in [6, 6.07) is 10.3. The third-order valence-electron chi connectivity index (χ3n) is 6.92. The molecule has 7 nitrogen and oxygen atoms in total. The molecule has 2 saturated heterocycles. The number of piperidine rings is 1. The standard InChI is InChI=1S/C24H31N5O2/c1-31-22-10-3-2-9-21(22)27-12-14-28(15-13-27)24(30)19-7-5-11-29(17-19)23-16-18-6-4-8-20(18)25-26-23/h2-3,9-10,16,19H,4-8,11-15,17H2,1H3. The minimum absolute atomic E-state index is 0.0432. The van der Waals surface area contributed by atoms with Crippen LogP contribution >= 0.6 is 0 Å². The second kappa shape index (κ2) is 8.73. The lowest BCUT2D eigenvalue weighted by atomic mass is 9.96. The Hall–Kier alpha value is -2.83. The molecule has 164 valence electrons. The van der Waals surface area contributed by atoms with Crippen molar-refractivity contribution in [2.45, 2.75) is 32.1 Å². The Balaban J connectivity index is 1.21. The zero-order valence-electron chi connectivity index (χ0n) is 18.3. The first-order valence-corrected chi connectivity index (χ1v) is 11.5. The van der Waals surface area contributed by atoms with Crippen LogP contribution in [-0.4, -0.2) is 67.4 Å². The van der Waals surface area contributed by atoms with Crippen LogP contribution in [0.2, 0.25) is 0 Å². The number of hydrogen-bond donors (Lipinski definition) is 0. The van der Waals surface area contributed by atoms with E-state index in [4.69, 9.17) is 4.74 Å². The molecular weight excluding hydrogens is 390 g/mol. The van der Waals surface area contributed by atoms with Gasteiger partial charge in [-0.1, -0.05) is 12.1 Å². The Labute approximate surface area is 184 Å². The predicted octanol–water partition coefficient (Wildman–Crippen LogP) is 2.54. The molecular formula is C24H31N5O2. The van der Waals surface area contributed by atoms with E-state index in [0.29, 0.717) is 5.91 Å². The number of nitrogens with zero attached hydrogens (tertiary/aromatic N) is 5. The van der Waals surface area contributed by atoms with Gasteiger partial charge in [-0.25, -0.2) is 0 Å². The molecule has 31 heavy (non-hydrogen) atoms. The number of aryl methyl sites for hydroxylation is 2. The van der Waals surface area contributed by atoms with Crippen molar-refractivity contribution in [3.8, 4) is 5.75 Å². The van der Waals surface area contributed by atoms with E-state index in [1.807, 2.05) is 18.2 Å². The van der Waals surface area contributed by atoms with Gasteiger partial charge < -0.3 is 19.4 Å². The highest BCUT2D eigenvalue weighted by Gasteiger charge is 2.32. The first-order valence-electron chi connectivity index (χ1n) is 11.5. The maximum atomic E-state index is 13.3. The van der Waals surface area contributed by atoms with Crippen LogP contribution in [0.5, 0.6) is 5.75 Å². The molecule has 1 aromatic heterocycles. The minimum atomic E-state index is 0.0432. The van der Waals surface area contributed by atoms with Crippen molar-refractivity contribution in [1.29, 1.82) is 0 Å². The topological polar surface area (TPSA) is 61.8 Å². The van der Waals surface area contributed by atoms with Crippen LogP contribution in [0.1, 0.15) is 30.5 Å². The fourth-order valence-electron chi connectivity index (χ4n) is 5.18. The SMILES string of the molecule is COc1ccccc1N1CCN(C(=O)C2CCCN(c3cc4c(nn3)CCC4)C2)CC1. The third-order valence-corrected chi connectivity index (χ3v) is 6.92. The van der Waals surface area contributed by atoms with E-state index in [9.17, 15) is 4.79 Å². The van der Waals surface area contributed by atoms with E-state index in [0.717, 1.165) is 87.9 Å². The molecule has 2 aromatic rings. The first kappa shape index (κ1) is 20.1. The third kappa shape index (κ3) is 4.05. The van der Waals surface area contributed by atoms with Gasteiger partial charge in [-0.05, 0) is 55.9 Å². The number of aromatic nitrogens is 2. The van der Waals surface area contributed by atoms with Crippen LogP contribution in [0, 0.1) is 5.92 Å². The second-order valence-electron chi connectivity index (χ2n) is 8.80. The van der Waals surface area contributed by atoms with Gasteiger partial charge in [0.1, 0.15) is 5.75 Å². The molecule has 3 heterocycles. The summed E-state index contributed by atoms with van der Waals surface area (Å²) in [5, 5.41) is 8.92. The van der Waals surface area contributed by atoms with Crippen molar-refractivity contribution in [3.63, 3.8) is 0 Å². The molecule has 1 amide bonds. The lowest BCUT2D eigenvalue weighted by molar-refractivity contribution is -0.136. The second-order valence-corrected chi connectivity index (χ2v) is 8.80. The zero-order valence-corrected chi connectivity index (χ0v) is 18.3. The highest BCUT2D eigenvalue weighted by atomic mass is 16.5. The van der Waals surface area contributed by atoms with Gasteiger partial charge in [0.2, 0.25) is 5.91 Å². The largest absolute Gasteiger partial charge is 0.495 e. The van der Waals surface area contributed by atoms with E-state index in [1.54, 1.807) is 7.11 Å². The molecule has 1 unspecified atom stereocenters. The summed E-state index contributed by atoms with van der Waals surface area (Å²) in [6.07, 6.45) is 5.31. The fourth-order valence-corrected chi connectivity index (χ4v) is 5.18. The number of para-hydroxylation sites is 2. The van der Waals surface area contributed by atoms with Crippen molar-refractivity contribution in [1.82, 2.24) is 15.1 Å². The maximum Gasteiger partial charge on any atom is 0.227 e. The van der Waals surface area contributed by atoms with Crippen LogP contribution in [0.15, 0.2) is 30.3 Å². The molecule has 0 saturated carbocycles. The summed E-state index contributed by atoms with van der Waals surface area (Å²) < 4.78 is 5.51. The van der Waals surface area contributed by atoms with E-state index in [-0.39, 0.29) is 5.92 Å². The average Bonchev–Trinajstić information content (AvgIpc) is 3.32. The van der Waals surface area contributed by atoms with Gasteiger partial charge in [0.15, 0.2) is 5.82 Å². The maximum absolute atomic E-state index is 13.3. The Bertz CT molecular complexity index is 941. The number of rotatable bonds is 4.